The number of azo groups is 1. The van der Waals surface area contributed by atoms with Gasteiger partial charge in [-0.2, -0.15) is 5.10 Å². The number of rotatable bonds is 11. The molecule has 1 atom stereocenters. The van der Waals surface area contributed by atoms with Crippen molar-refractivity contribution in [3.8, 4) is 0 Å². The van der Waals surface area contributed by atoms with E-state index < -0.39 is 0 Å². The number of aromatic nitrogens is 1. The summed E-state index contributed by atoms with van der Waals surface area (Å²) in [7, 11) is 0. The predicted molar refractivity (Wildman–Crippen MR) is 158 cm³/mol. The molecule has 0 spiro atoms. The summed E-state index contributed by atoms with van der Waals surface area (Å²) >= 11 is 3.72. The van der Waals surface area contributed by atoms with Crippen LogP contribution < -0.4 is 10.6 Å². The Labute approximate surface area is 222 Å². The standard InChI is InChI=1S/C24H35IN7PS/c1-15(13-32(26-10)33-25)16(2)21-22(34-14-27-21)17(3)18(4)29-30-19(5)28-20-11-23(6,7)31-24(8,9)12-20/h13-14,20,28,31,33H,2-5,10-12H2,1,6-9H3/b15-13+,30-29?. The lowest BCUT2D eigenvalue weighted by Crippen LogP contribution is -2.61. The van der Waals surface area contributed by atoms with Crippen LogP contribution in [0.1, 0.15) is 58.0 Å². The normalized spacial score (nSPS) is 18.2. The number of allylic oxidation sites excluding steroid dienone is 3. The van der Waals surface area contributed by atoms with Crippen LogP contribution in [0.15, 0.2) is 70.4 Å². The van der Waals surface area contributed by atoms with Crippen LogP contribution in [-0.4, -0.2) is 33.6 Å². The molecule has 1 aromatic heterocycles. The highest BCUT2D eigenvalue weighted by molar-refractivity contribution is 14.2. The highest BCUT2D eigenvalue weighted by Crippen LogP contribution is 2.35. The number of thiazole rings is 1. The van der Waals surface area contributed by atoms with Crippen molar-refractivity contribution >= 4 is 57.6 Å². The third-order valence-electron chi connectivity index (χ3n) is 5.36. The molecular weight excluding hydrogens is 576 g/mol. The SMILES string of the molecule is C=NN(/C=C(\C)C(=C)c1ncsc1C(=C)C(=C)N=NC(=C)NC1CC(C)(C)NC(C)(C)C1)PI. The lowest BCUT2D eigenvalue weighted by molar-refractivity contribution is 0.151. The Morgan fingerprint density at radius 2 is 1.82 bits per heavy atom. The maximum Gasteiger partial charge on any atom is 0.141 e. The van der Waals surface area contributed by atoms with Crippen LogP contribution >= 0.6 is 39.8 Å². The van der Waals surface area contributed by atoms with E-state index in [0.717, 1.165) is 34.6 Å². The zero-order valence-corrected chi connectivity index (χ0v) is 24.7. The largest absolute Gasteiger partial charge is 0.366 e. The topological polar surface area (TPSA) is 77.3 Å². The first-order chi connectivity index (χ1) is 15.8. The molecule has 0 amide bonds. The van der Waals surface area contributed by atoms with Gasteiger partial charge in [0.05, 0.1) is 28.2 Å². The van der Waals surface area contributed by atoms with E-state index >= 15 is 0 Å². The summed E-state index contributed by atoms with van der Waals surface area (Å²) in [6.45, 7) is 30.9. The molecule has 2 N–H and O–H groups in total. The van der Waals surface area contributed by atoms with Crippen molar-refractivity contribution in [2.24, 2.45) is 15.3 Å². The summed E-state index contributed by atoms with van der Waals surface area (Å²) in [5.74, 6) is 0.511. The van der Waals surface area contributed by atoms with Crippen molar-refractivity contribution in [1.29, 1.82) is 0 Å². The smallest absolute Gasteiger partial charge is 0.141 e. The fourth-order valence-corrected chi connectivity index (χ4v) is 6.20. The quantitative estimate of drug-likeness (QED) is 0.0689. The van der Waals surface area contributed by atoms with Crippen molar-refractivity contribution < 1.29 is 0 Å². The number of halogens is 1. The number of hydrazone groups is 1. The molecular formula is C24H35IN7PS. The predicted octanol–water partition coefficient (Wildman–Crippen LogP) is 7.27. The Kier molecular flexibility index (Phi) is 9.94. The highest BCUT2D eigenvalue weighted by atomic mass is 127. The van der Waals surface area contributed by atoms with Gasteiger partial charge >= 0.3 is 0 Å². The minimum absolute atomic E-state index is 0.0299. The summed E-state index contributed by atoms with van der Waals surface area (Å²) in [6, 6.07) is 0.258. The molecule has 0 aliphatic carbocycles. The third-order valence-corrected chi connectivity index (χ3v) is 8.17. The van der Waals surface area contributed by atoms with Crippen molar-refractivity contribution in [2.75, 3.05) is 0 Å². The monoisotopic (exact) mass is 611 g/mol. The molecule has 184 valence electrons. The van der Waals surface area contributed by atoms with Gasteiger partial charge in [-0.15, -0.1) is 21.6 Å². The number of hydrogen-bond acceptors (Lipinski definition) is 8. The van der Waals surface area contributed by atoms with Crippen LogP contribution in [0.4, 0.5) is 0 Å². The molecule has 34 heavy (non-hydrogen) atoms. The van der Waals surface area contributed by atoms with Crippen LogP contribution in [0.2, 0.25) is 0 Å². The van der Waals surface area contributed by atoms with Gasteiger partial charge < -0.3 is 10.6 Å². The van der Waals surface area contributed by atoms with Gasteiger partial charge in [0.1, 0.15) is 5.82 Å². The zero-order chi connectivity index (χ0) is 25.7. The van der Waals surface area contributed by atoms with Gasteiger partial charge in [0, 0.05) is 35.6 Å². The fourth-order valence-electron chi connectivity index (χ4n) is 4.22. The second kappa shape index (κ2) is 11.8. The third kappa shape index (κ3) is 7.93. The van der Waals surface area contributed by atoms with E-state index in [4.69, 9.17) is 0 Å². The molecule has 1 aliphatic heterocycles. The highest BCUT2D eigenvalue weighted by Gasteiger charge is 2.37. The van der Waals surface area contributed by atoms with Gasteiger partial charge in [-0.05, 0) is 80.6 Å². The molecule has 0 radical (unpaired) electrons. The van der Waals surface area contributed by atoms with Crippen LogP contribution in [0.5, 0.6) is 0 Å². The van der Waals surface area contributed by atoms with Gasteiger partial charge in [0.25, 0.3) is 0 Å². The van der Waals surface area contributed by atoms with E-state index in [2.05, 4.69) is 114 Å². The molecule has 1 aromatic rings. The molecule has 1 aliphatic rings. The summed E-state index contributed by atoms with van der Waals surface area (Å²) < 4.78 is 1.76. The zero-order valence-electron chi connectivity index (χ0n) is 20.7. The number of hydrogen-bond donors (Lipinski definition) is 2. The summed E-state index contributed by atoms with van der Waals surface area (Å²) in [4.78, 5) is 5.36. The Hall–Kier alpha value is -1.68. The van der Waals surface area contributed by atoms with Gasteiger partial charge in [0.2, 0.25) is 0 Å². The van der Waals surface area contributed by atoms with Gasteiger partial charge in [0.15, 0.2) is 0 Å². The van der Waals surface area contributed by atoms with Crippen molar-refractivity contribution in [3.05, 3.63) is 65.7 Å². The van der Waals surface area contributed by atoms with E-state index in [1.165, 1.54) is 11.3 Å². The van der Waals surface area contributed by atoms with E-state index in [9.17, 15) is 0 Å². The van der Waals surface area contributed by atoms with E-state index in [1.807, 2.05) is 13.1 Å². The molecule has 1 unspecified atom stereocenters. The number of piperidine rings is 1. The molecule has 0 aromatic carbocycles. The summed E-state index contributed by atoms with van der Waals surface area (Å²) in [6.07, 6.45) is 4.28. The lowest BCUT2D eigenvalue weighted by Gasteiger charge is -2.46. The number of nitrogens with one attached hydrogen (secondary N) is 2. The first-order valence-electron chi connectivity index (χ1n) is 10.8. The van der Waals surface area contributed by atoms with Crippen LogP contribution in [0.25, 0.3) is 11.1 Å². The van der Waals surface area contributed by atoms with Gasteiger partial charge in [-0.25, -0.2) is 9.76 Å². The van der Waals surface area contributed by atoms with Crippen molar-refractivity contribution in [3.63, 3.8) is 0 Å². The maximum atomic E-state index is 4.50. The van der Waals surface area contributed by atoms with Gasteiger partial charge in [-0.3, -0.25) is 0 Å². The Morgan fingerprint density at radius 3 is 2.38 bits per heavy atom. The summed E-state index contributed by atoms with van der Waals surface area (Å²) in [5, 5.41) is 19.6. The van der Waals surface area contributed by atoms with Crippen molar-refractivity contribution in [1.82, 2.24) is 20.4 Å². The molecule has 10 heteroatoms. The average Bonchev–Trinajstić information content (AvgIpc) is 3.21. The molecule has 1 saturated heterocycles. The molecule has 1 fully saturated rings. The maximum absolute atomic E-state index is 4.50. The molecule has 2 rings (SSSR count). The first-order valence-corrected chi connectivity index (χ1v) is 15.7. The van der Waals surface area contributed by atoms with Crippen molar-refractivity contribution in [2.45, 2.75) is 64.6 Å². The Bertz CT molecular complexity index is 1020. The Balaban J connectivity index is 2.07. The van der Waals surface area contributed by atoms with E-state index in [0.29, 0.717) is 23.5 Å². The molecule has 0 bridgehead atoms. The van der Waals surface area contributed by atoms with Crippen LogP contribution in [0, 0.1) is 0 Å². The first kappa shape index (κ1) is 28.6. The van der Waals surface area contributed by atoms with E-state index in [1.54, 1.807) is 10.3 Å². The average molecular weight is 612 g/mol. The van der Waals surface area contributed by atoms with E-state index in [-0.39, 0.29) is 17.1 Å². The Morgan fingerprint density at radius 1 is 1.21 bits per heavy atom. The lowest BCUT2D eigenvalue weighted by atomic mass is 9.79. The molecule has 7 nitrogen and oxygen atoms in total. The van der Waals surface area contributed by atoms with Gasteiger partial charge in [-0.1, -0.05) is 26.3 Å². The minimum Gasteiger partial charge on any atom is -0.366 e. The van der Waals surface area contributed by atoms with Crippen LogP contribution in [-0.2, 0) is 0 Å². The fraction of sp³-hybridized carbons (Fsp3) is 0.417. The second-order valence-electron chi connectivity index (χ2n) is 9.61. The van der Waals surface area contributed by atoms with Crippen LogP contribution in [0.3, 0.4) is 0 Å². The molecule has 2 heterocycles. The number of nitrogens with zero attached hydrogens (tertiary/aromatic N) is 5. The minimum atomic E-state index is 0.0299. The second-order valence-corrected chi connectivity index (χ2v) is 12.5. The summed E-state index contributed by atoms with van der Waals surface area (Å²) in [5.41, 5.74) is 5.41. The molecule has 0 saturated carbocycles.